The lowest BCUT2D eigenvalue weighted by Crippen LogP contribution is -2.54. The van der Waals surface area contributed by atoms with Crippen molar-refractivity contribution >= 4 is 0 Å². The molecule has 0 aromatic heterocycles. The van der Waals surface area contributed by atoms with Crippen LogP contribution in [0.25, 0.3) is 0 Å². The highest BCUT2D eigenvalue weighted by atomic mass is 16.3. The Balaban J connectivity index is 2.01. The molecule has 0 aliphatic carbocycles. The number of likely N-dealkylation sites (tertiary alicyclic amines) is 2. The monoisotopic (exact) mass is 317 g/mol. The van der Waals surface area contributed by atoms with Gasteiger partial charge in [-0.15, -0.1) is 0 Å². The maximum absolute atomic E-state index is 8.98. The normalized spacial score (nSPS) is 25.4. The summed E-state index contributed by atoms with van der Waals surface area (Å²) in [5, 5.41) is 30.4. The minimum absolute atomic E-state index is 0.124. The third-order valence-corrected chi connectivity index (χ3v) is 4.77. The van der Waals surface area contributed by atoms with Gasteiger partial charge < -0.3 is 14.9 Å². The zero-order valence-electron chi connectivity index (χ0n) is 13.7. The van der Waals surface area contributed by atoms with E-state index in [9.17, 15) is 0 Å². The van der Waals surface area contributed by atoms with Crippen molar-refractivity contribution in [1.29, 1.82) is 10.5 Å². The Morgan fingerprint density at radius 3 is 2.57 bits per heavy atom. The Hall–Kier alpha value is -1.60. The molecule has 2 aliphatic rings. The lowest BCUT2D eigenvalue weighted by Gasteiger charge is -2.44. The van der Waals surface area contributed by atoms with E-state index in [4.69, 9.17) is 15.6 Å². The lowest BCUT2D eigenvalue weighted by atomic mass is 9.97. The fraction of sp³-hybridized carbons (Fsp3) is 0.765. The van der Waals surface area contributed by atoms with Crippen molar-refractivity contribution in [3.63, 3.8) is 0 Å². The van der Waals surface area contributed by atoms with Gasteiger partial charge in [-0.05, 0) is 51.7 Å². The summed E-state index contributed by atoms with van der Waals surface area (Å²) in [6.45, 7) is 4.14. The third kappa shape index (κ3) is 5.21. The summed E-state index contributed by atoms with van der Waals surface area (Å²) < 4.78 is 0. The fourth-order valence-electron chi connectivity index (χ4n) is 3.53. The zero-order chi connectivity index (χ0) is 16.5. The quantitative estimate of drug-likeness (QED) is 0.565. The van der Waals surface area contributed by atoms with Crippen LogP contribution < -0.4 is 5.32 Å². The Labute approximate surface area is 139 Å². The van der Waals surface area contributed by atoms with Crippen LogP contribution in [0.5, 0.6) is 0 Å². The molecule has 0 aromatic rings. The number of aliphatic hydroxyl groups excluding tert-OH is 1. The van der Waals surface area contributed by atoms with Crippen LogP contribution in [-0.4, -0.2) is 59.9 Å². The molecular weight excluding hydrogens is 290 g/mol. The Kier molecular flexibility index (Phi) is 7.35. The van der Waals surface area contributed by atoms with Crippen molar-refractivity contribution in [2.75, 3.05) is 32.8 Å². The van der Waals surface area contributed by atoms with Gasteiger partial charge in [0, 0.05) is 25.4 Å². The number of aliphatic hydroxyl groups is 1. The van der Waals surface area contributed by atoms with E-state index in [0.29, 0.717) is 12.5 Å². The van der Waals surface area contributed by atoms with Crippen LogP contribution in [-0.2, 0) is 0 Å². The number of allylic oxidation sites excluding steroid dienone is 1. The van der Waals surface area contributed by atoms with Gasteiger partial charge in [-0.2, -0.15) is 10.5 Å². The fourth-order valence-corrected chi connectivity index (χ4v) is 3.53. The molecule has 2 unspecified atom stereocenters. The van der Waals surface area contributed by atoms with Gasteiger partial charge in [0.2, 0.25) is 0 Å². The minimum Gasteiger partial charge on any atom is -0.396 e. The summed E-state index contributed by atoms with van der Waals surface area (Å²) in [4.78, 5) is 4.68. The maximum Gasteiger partial charge on any atom is 0.145 e. The highest BCUT2D eigenvalue weighted by Gasteiger charge is 2.30. The maximum atomic E-state index is 8.98. The number of hydrogen-bond acceptors (Lipinski definition) is 6. The first-order chi connectivity index (χ1) is 11.3. The molecule has 0 saturated carbocycles. The lowest BCUT2D eigenvalue weighted by molar-refractivity contribution is 0.0654. The molecule has 6 heteroatoms. The van der Waals surface area contributed by atoms with Crippen molar-refractivity contribution in [3.8, 4) is 12.1 Å². The first-order valence-corrected chi connectivity index (χ1v) is 8.64. The predicted octanol–water partition coefficient (Wildman–Crippen LogP) is 1.17. The molecule has 0 bridgehead atoms. The predicted molar refractivity (Wildman–Crippen MR) is 88.0 cm³/mol. The molecule has 0 radical (unpaired) electrons. The standard InChI is InChI=1S/C17H27N5O/c18-12-15(13-19)14-22-9-5-16(21-7-2-1-3-8-21)11-17(22)20-6-4-10-23/h14,16-17,20,23H,1-11H2. The first-order valence-electron chi connectivity index (χ1n) is 8.64. The second-order valence-electron chi connectivity index (χ2n) is 6.33. The van der Waals surface area contributed by atoms with Crippen LogP contribution >= 0.6 is 0 Å². The Morgan fingerprint density at radius 2 is 1.91 bits per heavy atom. The zero-order valence-corrected chi connectivity index (χ0v) is 13.7. The molecule has 2 N–H and O–H groups in total. The molecule has 6 nitrogen and oxygen atoms in total. The van der Waals surface area contributed by atoms with E-state index in [2.05, 4.69) is 15.1 Å². The molecule has 2 fully saturated rings. The van der Waals surface area contributed by atoms with E-state index < -0.39 is 0 Å². The summed E-state index contributed by atoms with van der Waals surface area (Å²) in [5.74, 6) is 0. The number of rotatable bonds is 6. The number of piperidine rings is 2. The Morgan fingerprint density at radius 1 is 1.17 bits per heavy atom. The largest absolute Gasteiger partial charge is 0.396 e. The van der Waals surface area contributed by atoms with Crippen LogP contribution in [0.1, 0.15) is 38.5 Å². The van der Waals surface area contributed by atoms with E-state index in [1.165, 1.54) is 32.4 Å². The highest BCUT2D eigenvalue weighted by molar-refractivity contribution is 5.34. The number of nitrogens with one attached hydrogen (secondary N) is 1. The van der Waals surface area contributed by atoms with E-state index >= 15 is 0 Å². The molecule has 23 heavy (non-hydrogen) atoms. The molecule has 2 rings (SSSR count). The van der Waals surface area contributed by atoms with Crippen molar-refractivity contribution in [2.24, 2.45) is 0 Å². The van der Waals surface area contributed by atoms with Gasteiger partial charge in [0.1, 0.15) is 17.7 Å². The van der Waals surface area contributed by atoms with Gasteiger partial charge in [0.05, 0.1) is 6.17 Å². The van der Waals surface area contributed by atoms with Crippen molar-refractivity contribution in [2.45, 2.75) is 50.7 Å². The average molecular weight is 317 g/mol. The SMILES string of the molecule is N#CC(C#N)=CN1CCC(N2CCCCC2)CC1NCCCO. The van der Waals surface area contributed by atoms with Gasteiger partial charge in [-0.3, -0.25) is 5.32 Å². The van der Waals surface area contributed by atoms with E-state index in [0.717, 1.165) is 25.9 Å². The molecule has 2 saturated heterocycles. The summed E-state index contributed by atoms with van der Waals surface area (Å²) in [6, 6.07) is 4.45. The molecular formula is C17H27N5O. The average Bonchev–Trinajstić information content (AvgIpc) is 2.61. The number of nitrogens with zero attached hydrogens (tertiary/aromatic N) is 4. The number of hydrogen-bond donors (Lipinski definition) is 2. The van der Waals surface area contributed by atoms with Gasteiger partial charge in [0.15, 0.2) is 0 Å². The molecule has 0 aromatic carbocycles. The van der Waals surface area contributed by atoms with E-state index in [1.807, 2.05) is 12.1 Å². The van der Waals surface area contributed by atoms with Crippen molar-refractivity contribution in [1.82, 2.24) is 15.1 Å². The Bertz CT molecular complexity index is 456. The summed E-state index contributed by atoms with van der Waals surface area (Å²) in [6.07, 6.45) is 8.49. The van der Waals surface area contributed by atoms with Crippen LogP contribution in [0, 0.1) is 22.7 Å². The first kappa shape index (κ1) is 17.7. The van der Waals surface area contributed by atoms with Crippen LogP contribution in [0.2, 0.25) is 0 Å². The molecule has 126 valence electrons. The van der Waals surface area contributed by atoms with Gasteiger partial charge in [0.25, 0.3) is 0 Å². The summed E-state index contributed by atoms with van der Waals surface area (Å²) in [7, 11) is 0. The third-order valence-electron chi connectivity index (χ3n) is 4.77. The molecule has 0 amide bonds. The van der Waals surface area contributed by atoms with Gasteiger partial charge in [-0.25, -0.2) is 0 Å². The summed E-state index contributed by atoms with van der Waals surface area (Å²) in [5.41, 5.74) is 0.149. The second kappa shape index (κ2) is 9.52. The van der Waals surface area contributed by atoms with Crippen LogP contribution in [0.3, 0.4) is 0 Å². The molecule has 2 heterocycles. The van der Waals surface area contributed by atoms with E-state index in [-0.39, 0.29) is 18.3 Å². The van der Waals surface area contributed by atoms with Crippen LogP contribution in [0.4, 0.5) is 0 Å². The smallest absolute Gasteiger partial charge is 0.145 e. The van der Waals surface area contributed by atoms with Crippen LogP contribution in [0.15, 0.2) is 11.8 Å². The second-order valence-corrected chi connectivity index (χ2v) is 6.33. The van der Waals surface area contributed by atoms with E-state index in [1.54, 1.807) is 6.20 Å². The van der Waals surface area contributed by atoms with Gasteiger partial charge in [-0.1, -0.05) is 6.42 Å². The van der Waals surface area contributed by atoms with Gasteiger partial charge >= 0.3 is 0 Å². The van der Waals surface area contributed by atoms with Crippen molar-refractivity contribution < 1.29 is 5.11 Å². The summed E-state index contributed by atoms with van der Waals surface area (Å²) >= 11 is 0. The number of nitriles is 2. The minimum atomic E-state index is 0.124. The topological polar surface area (TPSA) is 86.3 Å². The molecule has 2 aliphatic heterocycles. The highest BCUT2D eigenvalue weighted by Crippen LogP contribution is 2.24. The molecule has 0 spiro atoms. The molecule has 2 atom stereocenters. The van der Waals surface area contributed by atoms with Crippen molar-refractivity contribution in [3.05, 3.63) is 11.8 Å².